The number of nitrogens with zero attached hydrogens (tertiary/aromatic N) is 1. The maximum atomic E-state index is 12.3. The number of thiophene rings is 1. The van der Waals surface area contributed by atoms with Crippen LogP contribution < -0.4 is 10.1 Å². The summed E-state index contributed by atoms with van der Waals surface area (Å²) in [4.78, 5) is 21.9. The van der Waals surface area contributed by atoms with Gasteiger partial charge in [0, 0.05) is 18.2 Å². The van der Waals surface area contributed by atoms with Gasteiger partial charge in [-0.3, -0.25) is 14.9 Å². The second-order valence-corrected chi connectivity index (χ2v) is 5.30. The van der Waals surface area contributed by atoms with Gasteiger partial charge in [-0.05, 0) is 12.1 Å². The number of para-hydroxylation sites is 1. The molecule has 0 aliphatic carbocycles. The third-order valence-corrected chi connectivity index (χ3v) is 3.67. The number of benzene rings is 1. The van der Waals surface area contributed by atoms with Crippen LogP contribution in [-0.2, 0) is 6.54 Å². The zero-order valence-electron chi connectivity index (χ0n) is 11.3. The van der Waals surface area contributed by atoms with Crippen LogP contribution in [0.25, 0.3) is 0 Å². The van der Waals surface area contributed by atoms with E-state index in [9.17, 15) is 28.1 Å². The van der Waals surface area contributed by atoms with Crippen LogP contribution in [-0.4, -0.2) is 17.2 Å². The molecule has 1 aromatic carbocycles. The molecule has 0 spiro atoms. The zero-order chi connectivity index (χ0) is 17.0. The first-order valence-electron chi connectivity index (χ1n) is 6.12. The molecule has 0 bridgehead atoms. The molecule has 0 unspecified atom stereocenters. The van der Waals surface area contributed by atoms with Crippen molar-refractivity contribution in [2.45, 2.75) is 12.9 Å². The molecule has 6 nitrogen and oxygen atoms in total. The van der Waals surface area contributed by atoms with E-state index >= 15 is 0 Å². The summed E-state index contributed by atoms with van der Waals surface area (Å²) in [6.45, 7) is -0.212. The van der Waals surface area contributed by atoms with E-state index in [2.05, 4.69) is 10.1 Å². The Kier molecular flexibility index (Phi) is 4.84. The molecule has 10 heteroatoms. The summed E-state index contributed by atoms with van der Waals surface area (Å²) in [6, 6.07) is 7.83. The first-order chi connectivity index (χ1) is 10.8. The van der Waals surface area contributed by atoms with Crippen LogP contribution >= 0.6 is 11.3 Å². The van der Waals surface area contributed by atoms with Gasteiger partial charge >= 0.3 is 11.4 Å². The van der Waals surface area contributed by atoms with Crippen molar-refractivity contribution in [3.8, 4) is 5.75 Å². The Hall–Kier alpha value is -2.62. The molecule has 0 aliphatic rings. The number of carbonyl (C=O) groups excluding carboxylic acids is 1. The van der Waals surface area contributed by atoms with Gasteiger partial charge in [0.2, 0.25) is 0 Å². The molecule has 0 radical (unpaired) electrons. The fourth-order valence-corrected chi connectivity index (χ4v) is 2.42. The van der Waals surface area contributed by atoms with Crippen molar-refractivity contribution in [3.63, 3.8) is 0 Å². The molecular weight excluding hydrogens is 337 g/mol. The van der Waals surface area contributed by atoms with Crippen LogP contribution in [0.3, 0.4) is 0 Å². The Morgan fingerprint density at radius 1 is 1.26 bits per heavy atom. The van der Waals surface area contributed by atoms with E-state index in [-0.39, 0.29) is 22.0 Å². The Balaban J connectivity index is 2.05. The Morgan fingerprint density at radius 3 is 2.57 bits per heavy atom. The van der Waals surface area contributed by atoms with Crippen molar-refractivity contribution in [3.05, 3.63) is 57.0 Å². The van der Waals surface area contributed by atoms with Gasteiger partial charge in [-0.2, -0.15) is 0 Å². The molecular formula is C13H9F3N2O4S. The molecule has 2 rings (SSSR count). The lowest BCUT2D eigenvalue weighted by molar-refractivity contribution is -0.380. The highest BCUT2D eigenvalue weighted by Gasteiger charge is 2.32. The van der Waals surface area contributed by atoms with Gasteiger partial charge in [-0.25, -0.2) is 0 Å². The fraction of sp³-hybridized carbons (Fsp3) is 0.154. The number of rotatable bonds is 5. The lowest BCUT2D eigenvalue weighted by Gasteiger charge is -2.13. The Morgan fingerprint density at radius 2 is 1.96 bits per heavy atom. The highest BCUT2D eigenvalue weighted by Crippen LogP contribution is 2.27. The van der Waals surface area contributed by atoms with Gasteiger partial charge in [-0.1, -0.05) is 29.5 Å². The molecule has 1 amide bonds. The molecule has 1 N–H and O–H groups in total. The zero-order valence-corrected chi connectivity index (χ0v) is 12.1. The summed E-state index contributed by atoms with van der Waals surface area (Å²) in [7, 11) is 0. The lowest BCUT2D eigenvalue weighted by Crippen LogP contribution is -2.23. The van der Waals surface area contributed by atoms with Crippen molar-refractivity contribution in [1.29, 1.82) is 0 Å². The van der Waals surface area contributed by atoms with E-state index < -0.39 is 22.9 Å². The molecule has 0 aliphatic heterocycles. The van der Waals surface area contributed by atoms with E-state index in [0.29, 0.717) is 11.3 Å². The number of nitrogens with one attached hydrogen (secondary N) is 1. The fourth-order valence-electron chi connectivity index (χ4n) is 1.68. The molecule has 1 heterocycles. The summed E-state index contributed by atoms with van der Waals surface area (Å²) in [5.74, 6) is -1.04. The van der Waals surface area contributed by atoms with E-state index in [1.165, 1.54) is 30.3 Å². The van der Waals surface area contributed by atoms with Crippen LogP contribution in [0.1, 0.15) is 15.2 Å². The van der Waals surface area contributed by atoms with Crippen LogP contribution in [0.5, 0.6) is 5.75 Å². The minimum Gasteiger partial charge on any atom is -0.405 e. The van der Waals surface area contributed by atoms with Crippen LogP contribution in [0.15, 0.2) is 36.4 Å². The molecule has 0 saturated heterocycles. The second kappa shape index (κ2) is 6.65. The smallest absolute Gasteiger partial charge is 0.405 e. The molecule has 2 aromatic rings. The minimum atomic E-state index is -4.84. The summed E-state index contributed by atoms with van der Waals surface area (Å²) in [6.07, 6.45) is -4.84. The highest BCUT2D eigenvalue weighted by molar-refractivity contribution is 7.17. The summed E-state index contributed by atoms with van der Waals surface area (Å²) in [5, 5.41) is 12.8. The lowest BCUT2D eigenvalue weighted by atomic mass is 10.2. The SMILES string of the molecule is O=C(NCc1ccccc1OC(F)(F)F)c1ccc([N+](=O)[O-])s1. The third kappa shape index (κ3) is 4.68. The number of ether oxygens (including phenoxy) is 1. The number of carbonyl (C=O) groups is 1. The van der Waals surface area contributed by atoms with Crippen LogP contribution in [0.2, 0.25) is 0 Å². The third-order valence-electron chi connectivity index (χ3n) is 2.63. The summed E-state index contributed by atoms with van der Waals surface area (Å²) < 4.78 is 40.7. The maximum absolute atomic E-state index is 12.3. The van der Waals surface area contributed by atoms with Gasteiger partial charge in [0.1, 0.15) is 5.75 Å². The van der Waals surface area contributed by atoms with Crippen molar-refractivity contribution < 1.29 is 27.6 Å². The first kappa shape index (κ1) is 16.7. The standard InChI is InChI=1S/C13H9F3N2O4S/c14-13(15,16)22-9-4-2-1-3-8(9)7-17-12(19)10-5-6-11(23-10)18(20)21/h1-6H,7H2,(H,17,19). The van der Waals surface area contributed by atoms with Crippen LogP contribution in [0.4, 0.5) is 18.2 Å². The number of halogens is 3. The second-order valence-electron chi connectivity index (χ2n) is 4.23. The highest BCUT2D eigenvalue weighted by atomic mass is 32.1. The van der Waals surface area contributed by atoms with E-state index in [4.69, 9.17) is 0 Å². The molecule has 1 aromatic heterocycles. The van der Waals surface area contributed by atoms with Crippen molar-refractivity contribution in [2.24, 2.45) is 0 Å². The Bertz CT molecular complexity index is 730. The summed E-state index contributed by atoms with van der Waals surface area (Å²) >= 11 is 0.676. The first-order valence-corrected chi connectivity index (χ1v) is 6.94. The van der Waals surface area contributed by atoms with Gasteiger partial charge in [0.05, 0.1) is 9.80 Å². The molecule has 122 valence electrons. The van der Waals surface area contributed by atoms with Gasteiger partial charge in [-0.15, -0.1) is 13.2 Å². The van der Waals surface area contributed by atoms with E-state index in [1.54, 1.807) is 0 Å². The van der Waals surface area contributed by atoms with Crippen molar-refractivity contribution in [1.82, 2.24) is 5.32 Å². The largest absolute Gasteiger partial charge is 0.573 e. The number of hydrogen-bond acceptors (Lipinski definition) is 5. The van der Waals surface area contributed by atoms with Gasteiger partial charge in [0.15, 0.2) is 0 Å². The number of amides is 1. The predicted octanol–water partition coefficient (Wildman–Crippen LogP) is 3.48. The minimum absolute atomic E-state index is 0.0888. The molecule has 23 heavy (non-hydrogen) atoms. The molecule has 0 fully saturated rings. The molecule has 0 saturated carbocycles. The number of alkyl halides is 3. The van der Waals surface area contributed by atoms with Gasteiger partial charge in [0.25, 0.3) is 5.91 Å². The number of nitro groups is 1. The van der Waals surface area contributed by atoms with Crippen molar-refractivity contribution >= 4 is 22.2 Å². The van der Waals surface area contributed by atoms with Crippen molar-refractivity contribution in [2.75, 3.05) is 0 Å². The average molecular weight is 346 g/mol. The van der Waals surface area contributed by atoms with Gasteiger partial charge < -0.3 is 10.1 Å². The van der Waals surface area contributed by atoms with E-state index in [0.717, 1.165) is 6.07 Å². The maximum Gasteiger partial charge on any atom is 0.573 e. The average Bonchev–Trinajstić information content (AvgIpc) is 2.94. The quantitative estimate of drug-likeness (QED) is 0.664. The monoisotopic (exact) mass is 346 g/mol. The van der Waals surface area contributed by atoms with Crippen LogP contribution in [0, 0.1) is 10.1 Å². The predicted molar refractivity (Wildman–Crippen MR) is 75.3 cm³/mol. The normalized spacial score (nSPS) is 11.1. The summed E-state index contributed by atoms with van der Waals surface area (Å²) in [5.41, 5.74) is 0.129. The number of hydrogen-bond donors (Lipinski definition) is 1. The topological polar surface area (TPSA) is 81.5 Å². The van der Waals surface area contributed by atoms with E-state index in [1.807, 2.05) is 0 Å². The Labute approximate surface area is 131 Å². The molecule has 0 atom stereocenters.